The van der Waals surface area contributed by atoms with E-state index in [9.17, 15) is 4.79 Å². The predicted octanol–water partition coefficient (Wildman–Crippen LogP) is 5.80. The summed E-state index contributed by atoms with van der Waals surface area (Å²) in [6, 6.07) is 18.4. The smallest absolute Gasteiger partial charge is 0.255 e. The molecule has 3 rings (SSSR count). The van der Waals surface area contributed by atoms with Crippen molar-refractivity contribution < 1.29 is 14.3 Å². The van der Waals surface area contributed by atoms with Crippen LogP contribution in [0.5, 0.6) is 11.5 Å². The highest BCUT2D eigenvalue weighted by molar-refractivity contribution is 6.30. The van der Waals surface area contributed by atoms with Crippen molar-refractivity contribution >= 4 is 23.2 Å². The fourth-order valence-corrected chi connectivity index (χ4v) is 3.00. The van der Waals surface area contributed by atoms with Crippen LogP contribution in [0.2, 0.25) is 5.02 Å². The standard InChI is InChI=1S/C23H22ClNO3/c1-15-4-10-21(16(2)12-15)25-23(26)17-5-11-22(27-3)18(13-17)14-28-20-8-6-19(24)7-9-20/h4-13H,14H2,1-3H3,(H,25,26). The number of amides is 1. The minimum absolute atomic E-state index is 0.178. The maximum Gasteiger partial charge on any atom is 0.255 e. The summed E-state index contributed by atoms with van der Waals surface area (Å²) < 4.78 is 11.2. The lowest BCUT2D eigenvalue weighted by molar-refractivity contribution is 0.102. The maximum atomic E-state index is 12.7. The first-order valence-electron chi connectivity index (χ1n) is 8.90. The summed E-state index contributed by atoms with van der Waals surface area (Å²) >= 11 is 5.90. The van der Waals surface area contributed by atoms with E-state index in [1.165, 1.54) is 0 Å². The molecular formula is C23H22ClNO3. The molecule has 0 fully saturated rings. The molecule has 0 saturated heterocycles. The lowest BCUT2D eigenvalue weighted by Gasteiger charge is -2.13. The molecule has 0 aliphatic rings. The topological polar surface area (TPSA) is 47.6 Å². The number of aryl methyl sites for hydroxylation is 2. The second kappa shape index (κ2) is 8.81. The summed E-state index contributed by atoms with van der Waals surface area (Å²) in [5.74, 6) is 1.18. The maximum absolute atomic E-state index is 12.7. The van der Waals surface area contributed by atoms with E-state index in [-0.39, 0.29) is 12.5 Å². The van der Waals surface area contributed by atoms with Crippen molar-refractivity contribution in [3.8, 4) is 11.5 Å². The summed E-state index contributed by atoms with van der Waals surface area (Å²) in [5, 5.41) is 3.61. The molecule has 3 aromatic rings. The zero-order chi connectivity index (χ0) is 20.1. The van der Waals surface area contributed by atoms with E-state index in [0.717, 1.165) is 22.4 Å². The molecule has 0 saturated carbocycles. The third-order valence-electron chi connectivity index (χ3n) is 4.38. The van der Waals surface area contributed by atoms with Gasteiger partial charge in [0.05, 0.1) is 7.11 Å². The number of halogens is 1. The van der Waals surface area contributed by atoms with E-state index in [2.05, 4.69) is 5.32 Å². The number of benzene rings is 3. The largest absolute Gasteiger partial charge is 0.496 e. The number of hydrogen-bond acceptors (Lipinski definition) is 3. The first-order valence-corrected chi connectivity index (χ1v) is 9.28. The van der Waals surface area contributed by atoms with E-state index in [4.69, 9.17) is 21.1 Å². The molecule has 0 aliphatic carbocycles. The number of nitrogens with one attached hydrogen (secondary N) is 1. The van der Waals surface area contributed by atoms with Gasteiger partial charge in [-0.3, -0.25) is 4.79 Å². The highest BCUT2D eigenvalue weighted by Crippen LogP contribution is 2.24. The molecule has 0 atom stereocenters. The molecule has 28 heavy (non-hydrogen) atoms. The molecule has 1 N–H and O–H groups in total. The van der Waals surface area contributed by atoms with Crippen LogP contribution in [-0.2, 0) is 6.61 Å². The van der Waals surface area contributed by atoms with Gasteiger partial charge < -0.3 is 14.8 Å². The Labute approximate surface area is 170 Å². The third kappa shape index (κ3) is 4.84. The lowest BCUT2D eigenvalue weighted by atomic mass is 10.1. The normalized spacial score (nSPS) is 10.4. The first-order chi connectivity index (χ1) is 13.5. The molecule has 0 radical (unpaired) electrons. The number of hydrogen-bond donors (Lipinski definition) is 1. The van der Waals surface area contributed by atoms with Gasteiger partial charge in [-0.15, -0.1) is 0 Å². The highest BCUT2D eigenvalue weighted by Gasteiger charge is 2.12. The predicted molar refractivity (Wildman–Crippen MR) is 113 cm³/mol. The molecule has 0 spiro atoms. The van der Waals surface area contributed by atoms with Crippen LogP contribution in [0.25, 0.3) is 0 Å². The van der Waals surface area contributed by atoms with Gasteiger partial charge in [0.25, 0.3) is 5.91 Å². The van der Waals surface area contributed by atoms with Crippen LogP contribution in [0.15, 0.2) is 60.7 Å². The fraction of sp³-hybridized carbons (Fsp3) is 0.174. The minimum Gasteiger partial charge on any atom is -0.496 e. The van der Waals surface area contributed by atoms with Gasteiger partial charge in [0.1, 0.15) is 18.1 Å². The summed E-state index contributed by atoms with van der Waals surface area (Å²) in [6.45, 7) is 4.27. The molecule has 1 amide bonds. The van der Waals surface area contributed by atoms with Crippen LogP contribution < -0.4 is 14.8 Å². The van der Waals surface area contributed by atoms with Gasteiger partial charge in [-0.25, -0.2) is 0 Å². The number of carbonyl (C=O) groups is 1. The van der Waals surface area contributed by atoms with Crippen molar-refractivity contribution in [1.29, 1.82) is 0 Å². The van der Waals surface area contributed by atoms with E-state index in [1.807, 2.05) is 32.0 Å². The van der Waals surface area contributed by atoms with Crippen molar-refractivity contribution in [3.63, 3.8) is 0 Å². The zero-order valence-corrected chi connectivity index (χ0v) is 16.8. The van der Waals surface area contributed by atoms with Crippen molar-refractivity contribution in [2.45, 2.75) is 20.5 Å². The molecule has 4 nitrogen and oxygen atoms in total. The molecule has 144 valence electrons. The number of ether oxygens (including phenoxy) is 2. The van der Waals surface area contributed by atoms with Gasteiger partial charge >= 0.3 is 0 Å². The second-order valence-corrected chi connectivity index (χ2v) is 6.98. The van der Waals surface area contributed by atoms with Crippen molar-refractivity contribution in [2.24, 2.45) is 0 Å². The van der Waals surface area contributed by atoms with Gasteiger partial charge in [-0.05, 0) is 67.9 Å². The van der Waals surface area contributed by atoms with Gasteiger partial charge in [0, 0.05) is 21.8 Å². The molecule has 0 aromatic heterocycles. The van der Waals surface area contributed by atoms with Crippen LogP contribution in [0.1, 0.15) is 27.0 Å². The van der Waals surface area contributed by atoms with Gasteiger partial charge in [-0.1, -0.05) is 29.3 Å². The van der Waals surface area contributed by atoms with Crippen LogP contribution in [-0.4, -0.2) is 13.0 Å². The third-order valence-corrected chi connectivity index (χ3v) is 4.63. The van der Waals surface area contributed by atoms with Crippen LogP contribution in [0, 0.1) is 13.8 Å². The van der Waals surface area contributed by atoms with Crippen molar-refractivity contribution in [3.05, 3.63) is 87.9 Å². The van der Waals surface area contributed by atoms with E-state index in [1.54, 1.807) is 49.6 Å². The second-order valence-electron chi connectivity index (χ2n) is 6.54. The van der Waals surface area contributed by atoms with Gasteiger partial charge in [0.2, 0.25) is 0 Å². The Morgan fingerprint density at radius 3 is 2.43 bits per heavy atom. The van der Waals surface area contributed by atoms with Gasteiger partial charge in [0.15, 0.2) is 0 Å². The number of methoxy groups -OCH3 is 1. The Hall–Kier alpha value is -2.98. The molecule has 3 aromatic carbocycles. The molecule has 0 unspecified atom stereocenters. The number of carbonyl (C=O) groups excluding carboxylic acids is 1. The van der Waals surface area contributed by atoms with E-state index in [0.29, 0.717) is 22.1 Å². The fourth-order valence-electron chi connectivity index (χ4n) is 2.87. The number of anilines is 1. The van der Waals surface area contributed by atoms with Gasteiger partial charge in [-0.2, -0.15) is 0 Å². The summed E-state index contributed by atoms with van der Waals surface area (Å²) in [4.78, 5) is 12.7. The summed E-state index contributed by atoms with van der Waals surface area (Å²) in [7, 11) is 1.59. The van der Waals surface area contributed by atoms with E-state index < -0.39 is 0 Å². The quantitative estimate of drug-likeness (QED) is 0.574. The molecule has 5 heteroatoms. The Morgan fingerprint density at radius 2 is 1.75 bits per heavy atom. The average molecular weight is 396 g/mol. The Bertz CT molecular complexity index is 984. The van der Waals surface area contributed by atoms with E-state index >= 15 is 0 Å². The lowest BCUT2D eigenvalue weighted by Crippen LogP contribution is -2.13. The zero-order valence-electron chi connectivity index (χ0n) is 16.1. The molecule has 0 aliphatic heterocycles. The number of rotatable bonds is 6. The molecule has 0 heterocycles. The van der Waals surface area contributed by atoms with Crippen LogP contribution in [0.4, 0.5) is 5.69 Å². The van der Waals surface area contributed by atoms with Crippen LogP contribution >= 0.6 is 11.6 Å². The first kappa shape index (κ1) is 19.8. The Morgan fingerprint density at radius 1 is 1.00 bits per heavy atom. The Balaban J connectivity index is 1.77. The monoisotopic (exact) mass is 395 g/mol. The molecule has 0 bridgehead atoms. The average Bonchev–Trinajstić information content (AvgIpc) is 2.69. The minimum atomic E-state index is -0.178. The van der Waals surface area contributed by atoms with Crippen molar-refractivity contribution in [1.82, 2.24) is 0 Å². The van der Waals surface area contributed by atoms with Crippen molar-refractivity contribution in [2.75, 3.05) is 12.4 Å². The highest BCUT2D eigenvalue weighted by atomic mass is 35.5. The Kier molecular flexibility index (Phi) is 6.22. The van der Waals surface area contributed by atoms with Crippen LogP contribution in [0.3, 0.4) is 0 Å². The summed E-state index contributed by atoms with van der Waals surface area (Å²) in [6.07, 6.45) is 0. The molecular weight excluding hydrogens is 374 g/mol. The SMILES string of the molecule is COc1ccc(C(=O)Nc2ccc(C)cc2C)cc1COc1ccc(Cl)cc1. The summed E-state index contributed by atoms with van der Waals surface area (Å²) in [5.41, 5.74) is 4.29.